The lowest BCUT2D eigenvalue weighted by Gasteiger charge is -2.35. The van der Waals surface area contributed by atoms with Gasteiger partial charge in [0.05, 0.1) is 0 Å². The summed E-state index contributed by atoms with van der Waals surface area (Å²) >= 11 is 0. The molecule has 1 aromatic rings. The van der Waals surface area contributed by atoms with E-state index < -0.39 is 11.5 Å². The number of piperazine rings is 1. The summed E-state index contributed by atoms with van der Waals surface area (Å²) in [6.45, 7) is 13.4. The fraction of sp³-hybridized carbons (Fsp3) is 0.500. The van der Waals surface area contributed by atoms with Gasteiger partial charge in [-0.1, -0.05) is 17.7 Å². The van der Waals surface area contributed by atoms with E-state index >= 15 is 0 Å². The predicted octanol–water partition coefficient (Wildman–Crippen LogP) is 3.51. The topological polar surface area (TPSA) is 85.7 Å². The summed E-state index contributed by atoms with van der Waals surface area (Å²) in [5.74, 6) is -0.433. The second kappa shape index (κ2) is 8.99. The SMILES string of the molecule is Cc1cc(C)c(NC(=O)/C(C#N)=C\N2CCN(C(=O)OC(C)(C)C)CC2)c(C)c1. The fourth-order valence-corrected chi connectivity index (χ4v) is 3.24. The number of aryl methyl sites for hydroxylation is 3. The van der Waals surface area contributed by atoms with Crippen molar-refractivity contribution in [1.29, 1.82) is 5.26 Å². The molecule has 1 saturated heterocycles. The van der Waals surface area contributed by atoms with Gasteiger partial charge in [-0.15, -0.1) is 0 Å². The smallest absolute Gasteiger partial charge is 0.410 e. The van der Waals surface area contributed by atoms with Crippen LogP contribution in [-0.2, 0) is 9.53 Å². The second-order valence-electron chi connectivity index (χ2n) is 8.39. The van der Waals surface area contributed by atoms with Crippen molar-refractivity contribution in [3.63, 3.8) is 0 Å². The fourth-order valence-electron chi connectivity index (χ4n) is 3.24. The summed E-state index contributed by atoms with van der Waals surface area (Å²) < 4.78 is 5.39. The maximum Gasteiger partial charge on any atom is 0.410 e. The quantitative estimate of drug-likeness (QED) is 0.622. The van der Waals surface area contributed by atoms with Crippen molar-refractivity contribution in [3.8, 4) is 6.07 Å². The highest BCUT2D eigenvalue weighted by Gasteiger charge is 2.25. The van der Waals surface area contributed by atoms with Crippen LogP contribution in [0.5, 0.6) is 0 Å². The van der Waals surface area contributed by atoms with Crippen molar-refractivity contribution < 1.29 is 14.3 Å². The van der Waals surface area contributed by atoms with Gasteiger partial charge in [0.25, 0.3) is 5.91 Å². The van der Waals surface area contributed by atoms with E-state index in [0.717, 1.165) is 22.4 Å². The molecule has 2 rings (SSSR count). The zero-order valence-electron chi connectivity index (χ0n) is 18.1. The van der Waals surface area contributed by atoms with Crippen LogP contribution in [0.1, 0.15) is 37.5 Å². The van der Waals surface area contributed by atoms with Crippen LogP contribution in [0.15, 0.2) is 23.9 Å². The lowest BCUT2D eigenvalue weighted by atomic mass is 10.0. The minimum absolute atomic E-state index is 0.0371. The maximum atomic E-state index is 12.6. The molecule has 0 unspecified atom stereocenters. The first-order valence-electron chi connectivity index (χ1n) is 9.73. The molecule has 0 atom stereocenters. The molecule has 1 aliphatic heterocycles. The zero-order valence-corrected chi connectivity index (χ0v) is 18.1. The number of rotatable bonds is 3. The highest BCUT2D eigenvalue weighted by Crippen LogP contribution is 2.22. The molecule has 156 valence electrons. The Hall–Kier alpha value is -3.01. The van der Waals surface area contributed by atoms with Crippen molar-refractivity contribution in [2.75, 3.05) is 31.5 Å². The van der Waals surface area contributed by atoms with Crippen LogP contribution in [0.2, 0.25) is 0 Å². The molecule has 0 saturated carbocycles. The van der Waals surface area contributed by atoms with Gasteiger partial charge in [0.2, 0.25) is 0 Å². The van der Waals surface area contributed by atoms with E-state index in [0.29, 0.717) is 26.2 Å². The third kappa shape index (κ3) is 6.24. The Balaban J connectivity index is 2.01. The molecular formula is C22H30N4O3. The number of amides is 2. The molecule has 0 aliphatic carbocycles. The van der Waals surface area contributed by atoms with Gasteiger partial charge in [-0.2, -0.15) is 5.26 Å². The largest absolute Gasteiger partial charge is 0.444 e. The van der Waals surface area contributed by atoms with Crippen LogP contribution in [0.4, 0.5) is 10.5 Å². The Labute approximate surface area is 172 Å². The molecule has 1 fully saturated rings. The van der Waals surface area contributed by atoms with Crippen LogP contribution in [0.25, 0.3) is 0 Å². The predicted molar refractivity (Wildman–Crippen MR) is 112 cm³/mol. The van der Waals surface area contributed by atoms with Gasteiger partial charge in [0.15, 0.2) is 0 Å². The number of nitrogens with one attached hydrogen (secondary N) is 1. The number of carbonyl (C=O) groups is 2. The summed E-state index contributed by atoms with van der Waals surface area (Å²) in [6.07, 6.45) is 1.23. The number of hydrogen-bond donors (Lipinski definition) is 1. The Morgan fingerprint density at radius 2 is 1.66 bits per heavy atom. The van der Waals surface area contributed by atoms with Crippen molar-refractivity contribution in [2.45, 2.75) is 47.1 Å². The number of nitrogens with zero attached hydrogens (tertiary/aromatic N) is 3. The molecule has 1 heterocycles. The normalized spacial score (nSPS) is 15.0. The zero-order chi connectivity index (χ0) is 21.8. The first-order valence-corrected chi connectivity index (χ1v) is 9.73. The van der Waals surface area contributed by atoms with Crippen molar-refractivity contribution in [3.05, 3.63) is 40.6 Å². The van der Waals surface area contributed by atoms with Crippen LogP contribution < -0.4 is 5.32 Å². The van der Waals surface area contributed by atoms with Crippen molar-refractivity contribution in [1.82, 2.24) is 9.80 Å². The summed E-state index contributed by atoms with van der Waals surface area (Å²) in [5, 5.41) is 12.3. The standard InChI is InChI=1S/C22H30N4O3/c1-15-11-16(2)19(17(3)12-15)24-20(27)18(13-23)14-25-7-9-26(10-8-25)21(28)29-22(4,5)6/h11-12,14H,7-10H2,1-6H3,(H,24,27)/b18-14-. The van der Waals surface area contributed by atoms with Crippen LogP contribution in [0.3, 0.4) is 0 Å². The third-order valence-corrected chi connectivity index (χ3v) is 4.56. The van der Waals surface area contributed by atoms with Crippen LogP contribution in [0, 0.1) is 32.1 Å². The van der Waals surface area contributed by atoms with E-state index in [2.05, 4.69) is 5.32 Å². The molecule has 0 aromatic heterocycles. The Bertz CT molecular complexity index is 831. The molecular weight excluding hydrogens is 368 g/mol. The van der Waals surface area contributed by atoms with Crippen molar-refractivity contribution in [2.24, 2.45) is 0 Å². The number of benzene rings is 1. The van der Waals surface area contributed by atoms with E-state index in [1.165, 1.54) is 0 Å². The van der Waals surface area contributed by atoms with Crippen molar-refractivity contribution >= 4 is 17.7 Å². The molecule has 7 nitrogen and oxygen atoms in total. The van der Waals surface area contributed by atoms with E-state index in [1.807, 2.05) is 64.6 Å². The van der Waals surface area contributed by atoms with Gasteiger partial charge in [0.1, 0.15) is 17.2 Å². The molecule has 1 N–H and O–H groups in total. The molecule has 7 heteroatoms. The Kier molecular flexibility index (Phi) is 6.91. The van der Waals surface area contributed by atoms with Crippen LogP contribution >= 0.6 is 0 Å². The lowest BCUT2D eigenvalue weighted by Crippen LogP contribution is -2.48. The van der Waals surface area contributed by atoms with Gasteiger partial charge < -0.3 is 19.9 Å². The molecule has 0 radical (unpaired) electrons. The minimum Gasteiger partial charge on any atom is -0.444 e. The first-order chi connectivity index (χ1) is 13.5. The van der Waals surface area contributed by atoms with Gasteiger partial charge in [0, 0.05) is 38.1 Å². The van der Waals surface area contributed by atoms with E-state index in [-0.39, 0.29) is 11.7 Å². The van der Waals surface area contributed by atoms with E-state index in [4.69, 9.17) is 4.74 Å². The average molecular weight is 399 g/mol. The van der Waals surface area contributed by atoms with Gasteiger partial charge in [-0.05, 0) is 52.7 Å². The summed E-state index contributed by atoms with van der Waals surface area (Å²) in [5.41, 5.74) is 3.27. The highest BCUT2D eigenvalue weighted by atomic mass is 16.6. The van der Waals surface area contributed by atoms with E-state index in [9.17, 15) is 14.9 Å². The molecule has 0 spiro atoms. The van der Waals surface area contributed by atoms with Gasteiger partial charge >= 0.3 is 6.09 Å². The summed E-state index contributed by atoms with van der Waals surface area (Å²) in [6, 6.07) is 5.98. The summed E-state index contributed by atoms with van der Waals surface area (Å²) in [7, 11) is 0. The lowest BCUT2D eigenvalue weighted by molar-refractivity contribution is -0.112. The highest BCUT2D eigenvalue weighted by molar-refractivity contribution is 6.07. The second-order valence-corrected chi connectivity index (χ2v) is 8.39. The number of anilines is 1. The Morgan fingerprint density at radius 3 is 2.14 bits per heavy atom. The first kappa shape index (κ1) is 22.3. The number of ether oxygens (including phenoxy) is 1. The maximum absolute atomic E-state index is 12.6. The minimum atomic E-state index is -0.535. The van der Waals surface area contributed by atoms with Gasteiger partial charge in [-0.25, -0.2) is 4.79 Å². The van der Waals surface area contributed by atoms with Gasteiger partial charge in [-0.3, -0.25) is 4.79 Å². The Morgan fingerprint density at radius 1 is 1.10 bits per heavy atom. The molecule has 0 bridgehead atoms. The molecule has 1 aromatic carbocycles. The monoisotopic (exact) mass is 398 g/mol. The third-order valence-electron chi connectivity index (χ3n) is 4.56. The number of carbonyl (C=O) groups excluding carboxylic acids is 2. The molecule has 29 heavy (non-hydrogen) atoms. The summed E-state index contributed by atoms with van der Waals surface area (Å²) in [4.78, 5) is 28.3. The number of nitriles is 1. The van der Waals surface area contributed by atoms with Crippen LogP contribution in [-0.4, -0.2) is 53.6 Å². The number of hydrogen-bond acceptors (Lipinski definition) is 5. The van der Waals surface area contributed by atoms with E-state index in [1.54, 1.807) is 11.1 Å². The molecule has 1 aliphatic rings. The average Bonchev–Trinajstić information content (AvgIpc) is 2.61. The molecule has 2 amide bonds.